The Hall–Kier alpha value is -5.30. The zero-order valence-corrected chi connectivity index (χ0v) is 24.4. The van der Waals surface area contributed by atoms with Crippen molar-refractivity contribution in [1.82, 2.24) is 9.55 Å². The van der Waals surface area contributed by atoms with Crippen LogP contribution in [0.5, 0.6) is 11.5 Å². The maximum Gasteiger partial charge on any atom is 0.407 e. The first-order valence-corrected chi connectivity index (χ1v) is 13.7. The Bertz CT molecular complexity index is 1980. The number of ether oxygens (including phenoxy) is 2. The summed E-state index contributed by atoms with van der Waals surface area (Å²) in [5.41, 5.74) is 0.766. The number of rotatable bonds is 7. The van der Waals surface area contributed by atoms with Gasteiger partial charge in [0.05, 0.1) is 24.8 Å². The van der Waals surface area contributed by atoms with Crippen LogP contribution in [0.3, 0.4) is 0 Å². The van der Waals surface area contributed by atoms with Gasteiger partial charge in [-0.2, -0.15) is 13.2 Å². The van der Waals surface area contributed by atoms with Crippen LogP contribution >= 0.6 is 0 Å². The maximum atomic E-state index is 14.0. The van der Waals surface area contributed by atoms with Crippen molar-refractivity contribution in [3.63, 3.8) is 0 Å². The van der Waals surface area contributed by atoms with Gasteiger partial charge in [-0.25, -0.2) is 9.64 Å². The minimum absolute atomic E-state index is 0.0113. The van der Waals surface area contributed by atoms with Gasteiger partial charge in [0.1, 0.15) is 17.2 Å². The molecule has 0 amide bonds. The fraction of sp³-hybridized carbons (Fsp3) is 0.206. The Kier molecular flexibility index (Phi) is 8.07. The van der Waals surface area contributed by atoms with E-state index in [9.17, 15) is 22.8 Å². The van der Waals surface area contributed by atoms with E-state index in [1.165, 1.54) is 4.57 Å². The number of carbonyl (C=O) groups excluding carboxylic acids is 1. The first-order valence-electron chi connectivity index (χ1n) is 13.7. The molecule has 0 radical (unpaired) electrons. The summed E-state index contributed by atoms with van der Waals surface area (Å²) in [6, 6.07) is 19.6. The van der Waals surface area contributed by atoms with Crippen LogP contribution in [0, 0.1) is 20.4 Å². The van der Waals surface area contributed by atoms with E-state index in [1.807, 2.05) is 32.0 Å². The lowest BCUT2D eigenvalue weighted by Gasteiger charge is -2.19. The van der Waals surface area contributed by atoms with Gasteiger partial charge in [-0.15, -0.1) is 0 Å². The number of esters is 1. The Morgan fingerprint density at radius 1 is 0.977 bits per heavy atom. The molecule has 0 bridgehead atoms. The van der Waals surface area contributed by atoms with Crippen LogP contribution in [0.1, 0.15) is 46.6 Å². The molecule has 0 atom stereocenters. The molecule has 5 rings (SSSR count). The van der Waals surface area contributed by atoms with E-state index >= 15 is 0 Å². The molecular formula is C34H28F3N3O4. The second kappa shape index (κ2) is 11.8. The summed E-state index contributed by atoms with van der Waals surface area (Å²) < 4.78 is 54.3. The Morgan fingerprint density at radius 3 is 2.32 bits per heavy atom. The fourth-order valence-corrected chi connectivity index (χ4v) is 4.94. The number of nitrogens with zero attached hydrogens (tertiary/aromatic N) is 2. The van der Waals surface area contributed by atoms with E-state index in [-0.39, 0.29) is 18.3 Å². The summed E-state index contributed by atoms with van der Waals surface area (Å²) >= 11 is 0. The number of carbonyl (C=O) groups is 1. The quantitative estimate of drug-likeness (QED) is 0.150. The second-order valence-electron chi connectivity index (χ2n) is 10.7. The topological polar surface area (TPSA) is 77.7 Å². The van der Waals surface area contributed by atoms with Gasteiger partial charge in [-0.1, -0.05) is 23.8 Å². The van der Waals surface area contributed by atoms with Crippen LogP contribution in [0.15, 0.2) is 77.6 Å². The smallest absolute Gasteiger partial charge is 0.407 e. The molecule has 2 aromatic heterocycles. The number of H-pyrrole nitrogens is 1. The highest BCUT2D eigenvalue weighted by molar-refractivity contribution is 5.95. The summed E-state index contributed by atoms with van der Waals surface area (Å²) in [4.78, 5) is 31.6. The molecule has 0 aliphatic rings. The predicted octanol–water partition coefficient (Wildman–Crippen LogP) is 8.59. The number of pyridine rings is 1. The summed E-state index contributed by atoms with van der Waals surface area (Å²) in [6.45, 7) is 14.6. The number of aromatic amines is 1. The van der Waals surface area contributed by atoms with Crippen LogP contribution in [-0.2, 0) is 17.5 Å². The van der Waals surface area contributed by atoms with Crippen LogP contribution in [0.25, 0.3) is 27.0 Å². The monoisotopic (exact) mass is 599 g/mol. The number of aromatic nitrogens is 2. The number of benzene rings is 3. The number of fused-ring (bicyclic) bond motifs is 1. The number of hydrogen-bond acceptors (Lipinski definition) is 4. The van der Waals surface area contributed by atoms with E-state index < -0.39 is 29.0 Å². The molecule has 224 valence electrons. The van der Waals surface area contributed by atoms with Crippen molar-refractivity contribution >= 4 is 22.6 Å². The van der Waals surface area contributed by atoms with E-state index in [0.29, 0.717) is 28.3 Å². The molecule has 0 aliphatic heterocycles. The lowest BCUT2D eigenvalue weighted by molar-refractivity contribution is -0.136. The molecule has 0 spiro atoms. The van der Waals surface area contributed by atoms with Gasteiger partial charge < -0.3 is 19.0 Å². The normalized spacial score (nSPS) is 11.5. The maximum absolute atomic E-state index is 14.0. The van der Waals surface area contributed by atoms with Crippen molar-refractivity contribution in [2.45, 2.75) is 46.5 Å². The van der Waals surface area contributed by atoms with Crippen LogP contribution in [0.2, 0.25) is 0 Å². The van der Waals surface area contributed by atoms with E-state index in [4.69, 9.17) is 16.0 Å². The third kappa shape index (κ3) is 6.22. The highest BCUT2D eigenvalue weighted by atomic mass is 19.4. The van der Waals surface area contributed by atoms with E-state index in [2.05, 4.69) is 9.83 Å². The molecule has 44 heavy (non-hydrogen) atoms. The first-order chi connectivity index (χ1) is 20.8. The van der Waals surface area contributed by atoms with Gasteiger partial charge in [0.15, 0.2) is 0 Å². The van der Waals surface area contributed by atoms with E-state index in [0.717, 1.165) is 28.1 Å². The molecule has 10 heteroatoms. The summed E-state index contributed by atoms with van der Waals surface area (Å²) in [5.74, 6) is 0.407. The average molecular weight is 600 g/mol. The van der Waals surface area contributed by atoms with Gasteiger partial charge in [-0.05, 0) is 99.0 Å². The third-order valence-electron chi connectivity index (χ3n) is 7.06. The van der Waals surface area contributed by atoms with Crippen molar-refractivity contribution in [2.75, 3.05) is 0 Å². The molecule has 0 aliphatic carbocycles. The highest BCUT2D eigenvalue weighted by Crippen LogP contribution is 2.38. The fourth-order valence-electron chi connectivity index (χ4n) is 4.94. The van der Waals surface area contributed by atoms with Crippen molar-refractivity contribution in [3.8, 4) is 22.8 Å². The largest absolute Gasteiger partial charge is 0.458 e. The van der Waals surface area contributed by atoms with Gasteiger partial charge in [0.25, 0.3) is 11.2 Å². The molecular weight excluding hydrogens is 571 g/mol. The number of aryl methyl sites for hydroxylation is 2. The van der Waals surface area contributed by atoms with Crippen molar-refractivity contribution < 1.29 is 27.4 Å². The highest BCUT2D eigenvalue weighted by Gasteiger charge is 2.36. The zero-order chi connectivity index (χ0) is 31.8. The minimum Gasteiger partial charge on any atom is -0.458 e. The van der Waals surface area contributed by atoms with Gasteiger partial charge in [0.2, 0.25) is 0 Å². The molecule has 2 heterocycles. The first kappa shape index (κ1) is 30.2. The van der Waals surface area contributed by atoms with E-state index in [1.54, 1.807) is 62.4 Å². The summed E-state index contributed by atoms with van der Waals surface area (Å²) in [6.07, 6.45) is -5.15. The summed E-state index contributed by atoms with van der Waals surface area (Å²) in [7, 11) is 0. The van der Waals surface area contributed by atoms with Crippen LogP contribution in [0.4, 0.5) is 18.9 Å². The lowest BCUT2D eigenvalue weighted by atomic mass is 10.0. The molecule has 0 fully saturated rings. The van der Waals surface area contributed by atoms with Crippen molar-refractivity contribution in [1.29, 1.82) is 0 Å². The number of hydrogen-bond donors (Lipinski definition) is 1. The predicted molar refractivity (Wildman–Crippen MR) is 161 cm³/mol. The number of alkyl halides is 3. The zero-order valence-electron chi connectivity index (χ0n) is 24.4. The molecule has 1 N–H and O–H groups in total. The second-order valence-corrected chi connectivity index (χ2v) is 10.7. The average Bonchev–Trinajstić information content (AvgIpc) is 3.38. The Balaban J connectivity index is 1.50. The number of halogens is 3. The lowest BCUT2D eigenvalue weighted by Crippen LogP contribution is -2.25. The third-order valence-corrected chi connectivity index (χ3v) is 7.06. The summed E-state index contributed by atoms with van der Waals surface area (Å²) in [5, 5.41) is 0.727. The van der Waals surface area contributed by atoms with Crippen LogP contribution < -0.4 is 10.3 Å². The van der Waals surface area contributed by atoms with Crippen molar-refractivity contribution in [3.05, 3.63) is 123 Å². The molecule has 0 saturated heterocycles. The minimum atomic E-state index is -4.89. The van der Waals surface area contributed by atoms with Gasteiger partial charge in [-0.3, -0.25) is 4.79 Å². The standard InChI is InChI=1S/C34H28F3N3O4/c1-19(2)43-33(42)29-16-24-15-26(12-13-28(24)39-29)44-25-10-8-22(9-11-25)30-17-27(34(35,36)37)31(38-5)32(41)40(30)18-23-7-6-20(3)14-21(23)4/h6-17,19,39H,18H2,1-4H3. The van der Waals surface area contributed by atoms with Gasteiger partial charge in [0, 0.05) is 16.6 Å². The molecule has 5 aromatic rings. The Labute approximate surface area is 251 Å². The van der Waals surface area contributed by atoms with Gasteiger partial charge >= 0.3 is 12.1 Å². The molecule has 7 nitrogen and oxygen atoms in total. The molecule has 0 unspecified atom stereocenters. The Morgan fingerprint density at radius 2 is 1.68 bits per heavy atom. The molecule has 0 saturated carbocycles. The number of nitrogens with one attached hydrogen (secondary N) is 1. The molecule has 3 aromatic carbocycles. The van der Waals surface area contributed by atoms with Crippen molar-refractivity contribution in [2.24, 2.45) is 0 Å². The SMILES string of the molecule is [C-]#[N+]c1c(C(F)(F)F)cc(-c2ccc(Oc3ccc4[nH]c(C(=O)OC(C)C)cc4c3)cc2)n(Cc2ccc(C)cc2C)c1=O. The van der Waals surface area contributed by atoms with Crippen LogP contribution in [-0.4, -0.2) is 21.6 Å².